The van der Waals surface area contributed by atoms with Crippen molar-refractivity contribution in [2.45, 2.75) is 249 Å². The molecule has 7 atom stereocenters. The quantitative estimate of drug-likeness (QED) is 0.0197. The Labute approximate surface area is 371 Å². The van der Waals surface area contributed by atoms with Gasteiger partial charge in [-0.1, -0.05) is 159 Å². The third-order valence-electron chi connectivity index (χ3n) is 11.5. The molecule has 0 aromatic carbocycles. The van der Waals surface area contributed by atoms with Gasteiger partial charge in [0.05, 0.1) is 32.0 Å². The lowest BCUT2D eigenvalue weighted by molar-refractivity contribution is -0.302. The first-order valence-corrected chi connectivity index (χ1v) is 24.8. The van der Waals surface area contributed by atoms with E-state index < -0.39 is 49.5 Å². The van der Waals surface area contributed by atoms with E-state index in [-0.39, 0.29) is 18.5 Å². The smallest absolute Gasteiger partial charge is 0.305 e. The number of unbranched alkanes of at least 4 members (excludes halogenated alkanes) is 23. The molecule has 11 nitrogen and oxygen atoms in total. The summed E-state index contributed by atoms with van der Waals surface area (Å²) in [5.41, 5.74) is 0. The van der Waals surface area contributed by atoms with Crippen LogP contribution in [0.15, 0.2) is 36.5 Å². The van der Waals surface area contributed by atoms with E-state index in [4.69, 9.17) is 14.2 Å². The van der Waals surface area contributed by atoms with Crippen molar-refractivity contribution in [3.63, 3.8) is 0 Å². The van der Waals surface area contributed by atoms with Crippen LogP contribution in [0.25, 0.3) is 0 Å². The molecule has 7 unspecified atom stereocenters. The number of hydrogen-bond acceptors (Lipinski definition) is 10. The zero-order valence-electron chi connectivity index (χ0n) is 38.6. The Bertz CT molecular complexity index is 1110. The van der Waals surface area contributed by atoms with Crippen LogP contribution in [-0.2, 0) is 23.8 Å². The number of amides is 1. The normalized spacial score (nSPS) is 20.5. The molecule has 1 heterocycles. The molecule has 356 valence electrons. The van der Waals surface area contributed by atoms with Crippen molar-refractivity contribution in [2.24, 2.45) is 0 Å². The molecule has 1 fully saturated rings. The van der Waals surface area contributed by atoms with Gasteiger partial charge in [0.1, 0.15) is 24.4 Å². The van der Waals surface area contributed by atoms with Crippen molar-refractivity contribution in [1.29, 1.82) is 0 Å². The van der Waals surface area contributed by atoms with Gasteiger partial charge in [0.15, 0.2) is 6.29 Å². The van der Waals surface area contributed by atoms with Crippen molar-refractivity contribution in [1.82, 2.24) is 5.32 Å². The predicted molar refractivity (Wildman–Crippen MR) is 246 cm³/mol. The molecule has 1 aliphatic heterocycles. The molecule has 0 aromatic heterocycles. The monoisotopic (exact) mass is 866 g/mol. The average molecular weight is 866 g/mol. The van der Waals surface area contributed by atoms with Gasteiger partial charge in [-0.25, -0.2) is 0 Å². The van der Waals surface area contributed by atoms with Gasteiger partial charge in [-0.2, -0.15) is 0 Å². The molecule has 1 aliphatic rings. The maximum atomic E-state index is 12.9. The van der Waals surface area contributed by atoms with Gasteiger partial charge in [-0.15, -0.1) is 0 Å². The Kier molecular flexibility index (Phi) is 37.9. The lowest BCUT2D eigenvalue weighted by atomic mass is 9.99. The van der Waals surface area contributed by atoms with E-state index in [0.717, 1.165) is 83.5 Å². The number of carbonyl (C=O) groups is 2. The summed E-state index contributed by atoms with van der Waals surface area (Å²) in [6.45, 7) is 4.15. The Hall–Kier alpha value is -2.12. The molecular weight excluding hydrogens is 775 g/mol. The van der Waals surface area contributed by atoms with Crippen LogP contribution in [0.1, 0.15) is 206 Å². The second-order valence-corrected chi connectivity index (χ2v) is 17.2. The summed E-state index contributed by atoms with van der Waals surface area (Å²) in [5.74, 6) is -0.283. The Morgan fingerprint density at radius 1 is 0.590 bits per heavy atom. The number of ether oxygens (including phenoxy) is 3. The predicted octanol–water partition coefficient (Wildman–Crippen LogP) is 9.60. The van der Waals surface area contributed by atoms with Crippen molar-refractivity contribution in [2.75, 3.05) is 19.8 Å². The molecule has 1 amide bonds. The molecule has 0 radical (unpaired) electrons. The Morgan fingerprint density at radius 3 is 1.66 bits per heavy atom. The fraction of sp³-hybridized carbons (Fsp3) is 0.840. The molecule has 1 rings (SSSR count). The van der Waals surface area contributed by atoms with Gasteiger partial charge in [-0.3, -0.25) is 9.59 Å². The van der Waals surface area contributed by atoms with Gasteiger partial charge in [0.25, 0.3) is 0 Å². The fourth-order valence-corrected chi connectivity index (χ4v) is 7.44. The van der Waals surface area contributed by atoms with Crippen LogP contribution in [0.3, 0.4) is 0 Å². The van der Waals surface area contributed by atoms with Crippen LogP contribution in [0.4, 0.5) is 0 Å². The summed E-state index contributed by atoms with van der Waals surface area (Å²) in [4.78, 5) is 25.0. The van der Waals surface area contributed by atoms with Gasteiger partial charge in [-0.05, 0) is 70.6 Å². The van der Waals surface area contributed by atoms with Gasteiger partial charge in [0, 0.05) is 12.8 Å². The minimum absolute atomic E-state index is 0.0582. The first kappa shape index (κ1) is 56.9. The summed E-state index contributed by atoms with van der Waals surface area (Å²) in [7, 11) is 0. The molecule has 0 spiro atoms. The standard InChI is InChI=1S/C50H91NO10/c1-3-5-7-9-11-13-14-15-18-22-26-30-34-38-46(55)59-39-35-31-27-23-19-16-17-21-25-29-33-37-45(54)51-42(43(53)36-32-28-24-20-12-10-8-6-4-2)41-60-50-49(58)48(57)47(56)44(40-52)61-50/h12,19-20,23,32,36,42-44,47-50,52-53,56-58H,3-11,13-18,21-22,24-31,33-35,37-41H2,1-2H3,(H,51,54)/b20-12+,23-19-,36-32+. The first-order valence-electron chi connectivity index (χ1n) is 24.8. The third-order valence-corrected chi connectivity index (χ3v) is 11.5. The number of rotatable bonds is 41. The van der Waals surface area contributed by atoms with E-state index in [2.05, 4.69) is 43.5 Å². The molecule has 61 heavy (non-hydrogen) atoms. The minimum Gasteiger partial charge on any atom is -0.466 e. The molecule has 0 bridgehead atoms. The summed E-state index contributed by atoms with van der Waals surface area (Å²) in [6.07, 6.45) is 36.7. The SMILES string of the molecule is CCCCC/C=C/CC/C=C/C(O)C(COC1OC(CO)C(O)C(O)C1O)NC(=O)CCCCCCC/C=C\CCCCOC(=O)CCCCCCCCCCCCCCC. The van der Waals surface area contributed by atoms with E-state index >= 15 is 0 Å². The van der Waals surface area contributed by atoms with Gasteiger partial charge in [0.2, 0.25) is 5.91 Å². The summed E-state index contributed by atoms with van der Waals surface area (Å²) in [5, 5.41) is 54.0. The maximum Gasteiger partial charge on any atom is 0.305 e. The zero-order valence-corrected chi connectivity index (χ0v) is 38.6. The van der Waals surface area contributed by atoms with Crippen LogP contribution in [0.5, 0.6) is 0 Å². The van der Waals surface area contributed by atoms with E-state index in [1.165, 1.54) is 89.9 Å². The van der Waals surface area contributed by atoms with Crippen molar-refractivity contribution in [3.05, 3.63) is 36.5 Å². The Morgan fingerprint density at radius 2 is 1.07 bits per heavy atom. The number of aliphatic hydroxyl groups excluding tert-OH is 5. The minimum atomic E-state index is -1.59. The summed E-state index contributed by atoms with van der Waals surface area (Å²) < 4.78 is 16.6. The molecule has 11 heteroatoms. The second kappa shape index (κ2) is 40.6. The number of aliphatic hydroxyl groups is 5. The highest BCUT2D eigenvalue weighted by Crippen LogP contribution is 2.22. The Balaban J connectivity index is 2.19. The molecular formula is C50H91NO10. The van der Waals surface area contributed by atoms with E-state index in [9.17, 15) is 35.1 Å². The molecule has 6 N–H and O–H groups in total. The first-order chi connectivity index (χ1) is 29.7. The van der Waals surface area contributed by atoms with Crippen LogP contribution in [0, 0.1) is 0 Å². The van der Waals surface area contributed by atoms with Crippen LogP contribution >= 0.6 is 0 Å². The summed E-state index contributed by atoms with van der Waals surface area (Å²) >= 11 is 0. The highest BCUT2D eigenvalue weighted by atomic mass is 16.7. The molecule has 0 aliphatic carbocycles. The molecule has 1 saturated heterocycles. The topological polar surface area (TPSA) is 175 Å². The maximum absolute atomic E-state index is 12.9. The zero-order chi connectivity index (χ0) is 44.6. The van der Waals surface area contributed by atoms with Crippen LogP contribution in [0.2, 0.25) is 0 Å². The average Bonchev–Trinajstić information content (AvgIpc) is 3.25. The number of esters is 1. The third kappa shape index (κ3) is 31.4. The highest BCUT2D eigenvalue weighted by molar-refractivity contribution is 5.76. The largest absolute Gasteiger partial charge is 0.466 e. The van der Waals surface area contributed by atoms with Crippen molar-refractivity contribution < 1.29 is 49.3 Å². The van der Waals surface area contributed by atoms with Crippen molar-refractivity contribution in [3.8, 4) is 0 Å². The van der Waals surface area contributed by atoms with E-state index in [1.54, 1.807) is 6.08 Å². The van der Waals surface area contributed by atoms with Gasteiger partial charge >= 0.3 is 5.97 Å². The van der Waals surface area contributed by atoms with Gasteiger partial charge < -0.3 is 45.1 Å². The van der Waals surface area contributed by atoms with E-state index in [0.29, 0.717) is 25.9 Å². The van der Waals surface area contributed by atoms with E-state index in [1.807, 2.05) is 6.08 Å². The van der Waals surface area contributed by atoms with Crippen LogP contribution in [-0.4, -0.2) is 100 Å². The lowest BCUT2D eigenvalue weighted by Gasteiger charge is -2.40. The van der Waals surface area contributed by atoms with Crippen molar-refractivity contribution >= 4 is 11.9 Å². The number of hydrogen-bond donors (Lipinski definition) is 6. The number of carbonyl (C=O) groups excluding carboxylic acids is 2. The fourth-order valence-electron chi connectivity index (χ4n) is 7.44. The summed E-state index contributed by atoms with van der Waals surface area (Å²) in [6, 6.07) is -0.846. The van der Waals surface area contributed by atoms with Crippen LogP contribution < -0.4 is 5.32 Å². The number of allylic oxidation sites excluding steroid dienone is 5. The number of nitrogens with one attached hydrogen (secondary N) is 1. The molecule has 0 saturated carbocycles. The second-order valence-electron chi connectivity index (χ2n) is 17.2. The molecule has 0 aromatic rings. The highest BCUT2D eigenvalue weighted by Gasteiger charge is 2.44. The lowest BCUT2D eigenvalue weighted by Crippen LogP contribution is -2.60.